The first-order chi connectivity index (χ1) is 22.1. The number of nitrogens with one attached hydrogen (secondary N) is 1. The third-order valence-electron chi connectivity index (χ3n) is 8.72. The largest absolute Gasteiger partial charge is 0.497 e. The van der Waals surface area contributed by atoms with Crippen LogP contribution in [-0.2, 0) is 30.4 Å². The predicted octanol–water partition coefficient (Wildman–Crippen LogP) is 3.61. The molecular formula is C35H46N4O7. The van der Waals surface area contributed by atoms with Gasteiger partial charge >= 0.3 is 5.97 Å². The molecule has 2 aromatic carbocycles. The van der Waals surface area contributed by atoms with Gasteiger partial charge in [0, 0.05) is 65.6 Å². The number of ether oxygens (including phenoxy) is 2. The van der Waals surface area contributed by atoms with Crippen molar-refractivity contribution < 1.29 is 33.4 Å². The molecule has 2 aliphatic heterocycles. The molecule has 0 aliphatic carbocycles. The zero-order valence-corrected chi connectivity index (χ0v) is 27.4. The van der Waals surface area contributed by atoms with Crippen molar-refractivity contribution in [2.24, 2.45) is 0 Å². The second-order valence-corrected chi connectivity index (χ2v) is 12.0. The van der Waals surface area contributed by atoms with E-state index in [4.69, 9.17) is 9.47 Å². The summed E-state index contributed by atoms with van der Waals surface area (Å²) in [4.78, 5) is 71.1. The lowest BCUT2D eigenvalue weighted by Crippen LogP contribution is -2.39. The highest BCUT2D eigenvalue weighted by Crippen LogP contribution is 2.37. The van der Waals surface area contributed by atoms with Gasteiger partial charge in [0.2, 0.25) is 23.6 Å². The molecule has 0 saturated heterocycles. The fourth-order valence-corrected chi connectivity index (χ4v) is 6.32. The smallest absolute Gasteiger partial charge is 0.308 e. The van der Waals surface area contributed by atoms with E-state index in [2.05, 4.69) is 5.32 Å². The van der Waals surface area contributed by atoms with Crippen molar-refractivity contribution in [2.75, 3.05) is 46.4 Å². The lowest BCUT2D eigenvalue weighted by atomic mass is 9.87. The van der Waals surface area contributed by atoms with Gasteiger partial charge in [-0.1, -0.05) is 18.2 Å². The number of amides is 4. The third-order valence-corrected chi connectivity index (χ3v) is 8.72. The van der Waals surface area contributed by atoms with Crippen molar-refractivity contribution >= 4 is 29.6 Å². The van der Waals surface area contributed by atoms with Crippen LogP contribution in [0.4, 0.5) is 0 Å². The van der Waals surface area contributed by atoms with E-state index in [-0.39, 0.29) is 35.8 Å². The molecule has 0 spiro atoms. The molecule has 4 bridgehead atoms. The first kappa shape index (κ1) is 34.5. The first-order valence-corrected chi connectivity index (χ1v) is 16.1. The van der Waals surface area contributed by atoms with Gasteiger partial charge in [-0.2, -0.15) is 0 Å². The van der Waals surface area contributed by atoms with E-state index in [1.807, 2.05) is 35.2 Å². The Hall–Kier alpha value is -4.41. The molecule has 4 rings (SSSR count). The number of rotatable bonds is 4. The summed E-state index contributed by atoms with van der Waals surface area (Å²) < 4.78 is 11.0. The molecule has 2 heterocycles. The molecule has 1 N–H and O–H groups in total. The van der Waals surface area contributed by atoms with E-state index in [9.17, 15) is 24.0 Å². The van der Waals surface area contributed by atoms with Gasteiger partial charge in [-0.05, 0) is 67.5 Å². The molecule has 11 nitrogen and oxygen atoms in total. The van der Waals surface area contributed by atoms with Crippen molar-refractivity contribution in [3.05, 3.63) is 59.2 Å². The van der Waals surface area contributed by atoms with Crippen LogP contribution in [0, 0.1) is 0 Å². The van der Waals surface area contributed by atoms with Crippen molar-refractivity contribution in [1.29, 1.82) is 0 Å². The second-order valence-electron chi connectivity index (χ2n) is 12.0. The maximum Gasteiger partial charge on any atom is 0.308 e. The Bertz CT molecular complexity index is 1410. The summed E-state index contributed by atoms with van der Waals surface area (Å²) in [6.45, 7) is 6.96. The summed E-state index contributed by atoms with van der Waals surface area (Å²) in [5.41, 5.74) is 2.08. The van der Waals surface area contributed by atoms with Crippen LogP contribution in [0.1, 0.15) is 81.5 Å². The first-order valence-electron chi connectivity index (χ1n) is 16.1. The molecule has 0 saturated carbocycles. The summed E-state index contributed by atoms with van der Waals surface area (Å²) >= 11 is 0. The maximum absolute atomic E-state index is 14.7. The van der Waals surface area contributed by atoms with E-state index in [0.29, 0.717) is 88.2 Å². The van der Waals surface area contributed by atoms with Crippen LogP contribution in [0.15, 0.2) is 42.5 Å². The van der Waals surface area contributed by atoms with Gasteiger partial charge in [0.1, 0.15) is 11.5 Å². The normalized spacial score (nSPS) is 20.1. The second kappa shape index (κ2) is 16.2. The van der Waals surface area contributed by atoms with Gasteiger partial charge in [-0.15, -0.1) is 0 Å². The van der Waals surface area contributed by atoms with Crippen molar-refractivity contribution in [3.8, 4) is 11.5 Å². The summed E-state index contributed by atoms with van der Waals surface area (Å²) in [5, 5.41) is 2.98. The number of carbonyl (C=O) groups excluding carboxylic acids is 5. The van der Waals surface area contributed by atoms with Gasteiger partial charge in [-0.3, -0.25) is 24.0 Å². The van der Waals surface area contributed by atoms with Crippen LogP contribution in [0.5, 0.6) is 11.5 Å². The van der Waals surface area contributed by atoms with Crippen LogP contribution < -0.4 is 14.8 Å². The number of esters is 1. The summed E-state index contributed by atoms with van der Waals surface area (Å²) in [5.74, 6) is -0.847. The van der Waals surface area contributed by atoms with Crippen molar-refractivity contribution in [3.63, 3.8) is 0 Å². The highest BCUT2D eigenvalue weighted by atomic mass is 16.5. The minimum atomic E-state index is -0.722. The van der Waals surface area contributed by atoms with Crippen LogP contribution in [-0.4, -0.2) is 90.7 Å². The van der Waals surface area contributed by atoms with Gasteiger partial charge in [-0.25, -0.2) is 0 Å². The molecule has 46 heavy (non-hydrogen) atoms. The summed E-state index contributed by atoms with van der Waals surface area (Å²) in [6.07, 6.45) is 2.81. The zero-order valence-electron chi connectivity index (χ0n) is 27.4. The molecule has 2 aromatic rings. The third kappa shape index (κ3) is 9.08. The van der Waals surface area contributed by atoms with E-state index < -0.39 is 17.9 Å². The van der Waals surface area contributed by atoms with Crippen molar-refractivity contribution in [2.45, 2.75) is 71.3 Å². The quantitative estimate of drug-likeness (QED) is 0.403. The molecule has 2 aliphatic rings. The molecule has 2 unspecified atom stereocenters. The Kier molecular flexibility index (Phi) is 12.2. The molecule has 0 fully saturated rings. The number of fused-ring (bicyclic) bond motifs is 2. The Morgan fingerprint density at radius 3 is 2.22 bits per heavy atom. The van der Waals surface area contributed by atoms with Crippen LogP contribution in [0.2, 0.25) is 0 Å². The highest BCUT2D eigenvalue weighted by Gasteiger charge is 2.33. The Morgan fingerprint density at radius 1 is 0.848 bits per heavy atom. The fraction of sp³-hybridized carbons (Fsp3) is 0.514. The number of hydrogen-bond acceptors (Lipinski definition) is 7. The maximum atomic E-state index is 14.7. The average molecular weight is 635 g/mol. The highest BCUT2D eigenvalue weighted by molar-refractivity contribution is 5.86. The Labute approximate surface area is 271 Å². The number of methoxy groups -OCH3 is 1. The molecule has 2 atom stereocenters. The minimum absolute atomic E-state index is 0.0170. The number of nitrogens with zero attached hydrogens (tertiary/aromatic N) is 3. The lowest BCUT2D eigenvalue weighted by molar-refractivity contribution is -0.134. The van der Waals surface area contributed by atoms with E-state index in [0.717, 1.165) is 5.56 Å². The van der Waals surface area contributed by atoms with E-state index >= 15 is 0 Å². The average Bonchev–Trinajstić information content (AvgIpc) is 3.02. The number of carbonyl (C=O) groups is 5. The standard InChI is InChI=1S/C35H46N4O7/c1-24(40)37-16-5-6-17-38-18-7-15-36-34(43)23-32(39(25(2)41)20-8-19-37)28-11-14-33(46-26(3)42)30(22-28)31(35(38)44)21-27-9-12-29(45-4)13-10-27/h9-14,22,31-32H,5-8,15-21,23H2,1-4H3,(H,36,43). The molecule has 11 heteroatoms. The zero-order chi connectivity index (χ0) is 33.2. The Balaban J connectivity index is 1.92. The number of benzene rings is 2. The Morgan fingerprint density at radius 2 is 1.54 bits per heavy atom. The summed E-state index contributed by atoms with van der Waals surface area (Å²) in [6, 6.07) is 12.1. The molecule has 0 radical (unpaired) electrons. The van der Waals surface area contributed by atoms with Crippen LogP contribution in [0.25, 0.3) is 0 Å². The lowest BCUT2D eigenvalue weighted by Gasteiger charge is -2.33. The molecule has 0 aromatic heterocycles. The minimum Gasteiger partial charge on any atom is -0.497 e. The molecular weight excluding hydrogens is 588 g/mol. The van der Waals surface area contributed by atoms with E-state index in [1.165, 1.54) is 13.8 Å². The van der Waals surface area contributed by atoms with Gasteiger partial charge in [0.05, 0.1) is 25.5 Å². The monoisotopic (exact) mass is 634 g/mol. The molecule has 4 amide bonds. The van der Waals surface area contributed by atoms with Gasteiger partial charge < -0.3 is 29.5 Å². The number of hydrogen-bond donors (Lipinski definition) is 1. The van der Waals surface area contributed by atoms with Gasteiger partial charge in [0.25, 0.3) is 0 Å². The fourth-order valence-electron chi connectivity index (χ4n) is 6.32. The topological polar surface area (TPSA) is 126 Å². The van der Waals surface area contributed by atoms with Crippen LogP contribution >= 0.6 is 0 Å². The van der Waals surface area contributed by atoms with E-state index in [1.54, 1.807) is 36.0 Å². The van der Waals surface area contributed by atoms with Gasteiger partial charge in [0.15, 0.2) is 0 Å². The predicted molar refractivity (Wildman–Crippen MR) is 172 cm³/mol. The van der Waals surface area contributed by atoms with Crippen LogP contribution in [0.3, 0.4) is 0 Å². The summed E-state index contributed by atoms with van der Waals surface area (Å²) in [7, 11) is 1.59. The molecule has 248 valence electrons. The van der Waals surface area contributed by atoms with Crippen molar-refractivity contribution in [1.82, 2.24) is 20.0 Å². The SMILES string of the molecule is COc1ccc(CC2C(=O)N3CCCCN(C(C)=O)CCCN(C(C)=O)C(CC(=O)NCCC3)c3ccc(OC(C)=O)c2c3)cc1.